The molecule has 1 saturated heterocycles. The van der Waals surface area contributed by atoms with E-state index in [1.165, 1.54) is 9.80 Å². The fourth-order valence-electron chi connectivity index (χ4n) is 3.38. The van der Waals surface area contributed by atoms with Crippen molar-refractivity contribution in [2.75, 3.05) is 7.05 Å². The summed E-state index contributed by atoms with van der Waals surface area (Å²) in [6, 6.07) is 17.3. The summed E-state index contributed by atoms with van der Waals surface area (Å²) in [7, 11) is 1.67. The molecule has 0 aliphatic carbocycles. The highest BCUT2D eigenvalue weighted by Gasteiger charge is 2.53. The summed E-state index contributed by atoms with van der Waals surface area (Å²) >= 11 is 0. The number of amides is 2. The number of hydrogen-bond acceptors (Lipinski definition) is 3. The van der Waals surface area contributed by atoms with E-state index in [-0.39, 0.29) is 5.91 Å². The first-order chi connectivity index (χ1) is 12.3. The summed E-state index contributed by atoms with van der Waals surface area (Å²) in [6.07, 6.45) is 0.376. The average molecular weight is 350 g/mol. The van der Waals surface area contributed by atoms with Crippen LogP contribution in [-0.4, -0.2) is 46.1 Å². The molecule has 1 atom stereocenters. The zero-order chi connectivity index (χ0) is 18.9. The second-order valence-corrected chi connectivity index (χ2v) is 6.97. The van der Waals surface area contributed by atoms with Crippen molar-refractivity contribution in [3.05, 3.63) is 71.8 Å². The largest absolute Gasteiger partial charge is 0.321 e. The van der Waals surface area contributed by atoms with Crippen LogP contribution in [0.2, 0.25) is 0 Å². The smallest absolute Gasteiger partial charge is 0.297 e. The lowest BCUT2D eigenvalue weighted by atomic mass is 10.0. The zero-order valence-electron chi connectivity index (χ0n) is 15.2. The Morgan fingerprint density at radius 1 is 0.962 bits per heavy atom. The molecule has 0 unspecified atom stereocenters. The third-order valence-corrected chi connectivity index (χ3v) is 5.06. The second kappa shape index (κ2) is 6.75. The van der Waals surface area contributed by atoms with Crippen molar-refractivity contribution in [3.8, 4) is 0 Å². The zero-order valence-corrected chi connectivity index (χ0v) is 15.2. The molecular formula is C21H22N2O3. The minimum atomic E-state index is -0.877. The Balaban J connectivity index is 1.96. The number of carbonyl (C=O) groups is 3. The molecule has 2 aromatic carbocycles. The van der Waals surface area contributed by atoms with Crippen molar-refractivity contribution < 1.29 is 14.4 Å². The van der Waals surface area contributed by atoms with Crippen molar-refractivity contribution in [2.24, 2.45) is 0 Å². The fraction of sp³-hybridized carbons (Fsp3) is 0.286. The third-order valence-electron chi connectivity index (χ3n) is 5.06. The highest BCUT2D eigenvalue weighted by atomic mass is 16.2. The Morgan fingerprint density at radius 2 is 1.50 bits per heavy atom. The molecule has 5 nitrogen and oxygen atoms in total. The first-order valence-corrected chi connectivity index (χ1v) is 8.58. The van der Waals surface area contributed by atoms with E-state index >= 15 is 0 Å². The van der Waals surface area contributed by atoms with Crippen LogP contribution in [0.5, 0.6) is 0 Å². The van der Waals surface area contributed by atoms with Gasteiger partial charge in [0.1, 0.15) is 11.7 Å². The minimum Gasteiger partial charge on any atom is -0.321 e. The summed E-state index contributed by atoms with van der Waals surface area (Å²) in [6.45, 7) is 3.57. The lowest BCUT2D eigenvalue weighted by molar-refractivity contribution is -0.134. The molecule has 0 bridgehead atoms. The van der Waals surface area contributed by atoms with Crippen molar-refractivity contribution in [1.82, 2.24) is 9.80 Å². The van der Waals surface area contributed by atoms with Crippen LogP contribution in [0.4, 0.5) is 0 Å². The van der Waals surface area contributed by atoms with Crippen LogP contribution in [-0.2, 0) is 16.0 Å². The Hall–Kier alpha value is -2.95. The number of ketones is 1. The van der Waals surface area contributed by atoms with Crippen LogP contribution in [0.25, 0.3) is 0 Å². The molecule has 0 spiro atoms. The Morgan fingerprint density at radius 3 is 2.08 bits per heavy atom. The van der Waals surface area contributed by atoms with Gasteiger partial charge in [0.15, 0.2) is 0 Å². The van der Waals surface area contributed by atoms with Gasteiger partial charge in [0.2, 0.25) is 11.7 Å². The molecule has 0 saturated carbocycles. The number of nitrogens with zero attached hydrogens (tertiary/aromatic N) is 2. The van der Waals surface area contributed by atoms with E-state index in [0.29, 0.717) is 12.0 Å². The van der Waals surface area contributed by atoms with Gasteiger partial charge in [0.25, 0.3) is 5.91 Å². The normalized spacial score (nSPS) is 18.9. The average Bonchev–Trinajstić information content (AvgIpc) is 2.82. The topological polar surface area (TPSA) is 57.7 Å². The lowest BCUT2D eigenvalue weighted by Gasteiger charge is -2.36. The molecule has 134 valence electrons. The molecule has 2 amide bonds. The highest BCUT2D eigenvalue weighted by molar-refractivity contribution is 6.43. The number of likely N-dealkylation sites (N-methyl/N-ethyl adjacent to an activating group) is 1. The number of hydrogen-bond donors (Lipinski definition) is 0. The second-order valence-electron chi connectivity index (χ2n) is 6.97. The van der Waals surface area contributed by atoms with Gasteiger partial charge < -0.3 is 9.80 Å². The molecule has 0 aromatic heterocycles. The van der Waals surface area contributed by atoms with E-state index in [0.717, 1.165) is 5.56 Å². The Labute approximate surface area is 153 Å². The van der Waals surface area contributed by atoms with Gasteiger partial charge in [-0.15, -0.1) is 0 Å². The fourth-order valence-corrected chi connectivity index (χ4v) is 3.38. The summed E-state index contributed by atoms with van der Waals surface area (Å²) in [5.74, 6) is -1.41. The van der Waals surface area contributed by atoms with Crippen LogP contribution >= 0.6 is 0 Å². The maximum atomic E-state index is 13.1. The van der Waals surface area contributed by atoms with E-state index in [1.807, 2.05) is 30.3 Å². The standard InChI is InChI=1S/C21H22N2O3/c1-21(2)22(3)19(25)17(14-15-10-6-4-7-11-15)23(21)20(26)18(24)16-12-8-5-9-13-16/h4-13,17H,14H2,1-3H3/t17-/m0/s1. The van der Waals surface area contributed by atoms with E-state index in [4.69, 9.17) is 0 Å². The van der Waals surface area contributed by atoms with Gasteiger partial charge in [-0.25, -0.2) is 0 Å². The number of carbonyl (C=O) groups excluding carboxylic acids is 3. The van der Waals surface area contributed by atoms with Gasteiger partial charge in [0.05, 0.1) is 0 Å². The van der Waals surface area contributed by atoms with Crippen LogP contribution in [0, 0.1) is 0 Å². The van der Waals surface area contributed by atoms with Crippen LogP contribution in [0.1, 0.15) is 29.8 Å². The predicted molar refractivity (Wildman–Crippen MR) is 98.4 cm³/mol. The van der Waals surface area contributed by atoms with Gasteiger partial charge in [-0.05, 0) is 19.4 Å². The molecule has 0 radical (unpaired) electrons. The molecule has 5 heteroatoms. The van der Waals surface area contributed by atoms with E-state index < -0.39 is 23.4 Å². The van der Waals surface area contributed by atoms with Gasteiger partial charge in [-0.3, -0.25) is 14.4 Å². The van der Waals surface area contributed by atoms with Crippen LogP contribution in [0.15, 0.2) is 60.7 Å². The molecule has 1 fully saturated rings. The predicted octanol–water partition coefficient (Wildman–Crippen LogP) is 2.52. The summed E-state index contributed by atoms with van der Waals surface area (Å²) in [4.78, 5) is 41.5. The minimum absolute atomic E-state index is 0.159. The Kier molecular flexibility index (Phi) is 4.64. The summed E-state index contributed by atoms with van der Waals surface area (Å²) in [5, 5.41) is 0. The number of rotatable bonds is 4. The number of Topliss-reactive ketones (excluding diaryl/α,β-unsaturated/α-hetero) is 1. The van der Waals surface area contributed by atoms with E-state index in [2.05, 4.69) is 0 Å². The molecule has 0 N–H and O–H groups in total. The monoisotopic (exact) mass is 350 g/mol. The van der Waals surface area contributed by atoms with E-state index in [1.54, 1.807) is 51.2 Å². The first kappa shape index (κ1) is 17.9. The molecule has 1 aliphatic heterocycles. The van der Waals surface area contributed by atoms with Crippen molar-refractivity contribution in [3.63, 3.8) is 0 Å². The van der Waals surface area contributed by atoms with Gasteiger partial charge in [0, 0.05) is 19.0 Å². The Bertz CT molecular complexity index is 831. The SMILES string of the molecule is CN1C(=O)[C@H](Cc2ccccc2)N(C(=O)C(=O)c2ccccc2)C1(C)C. The molecule has 2 aromatic rings. The third kappa shape index (κ3) is 3.01. The maximum Gasteiger partial charge on any atom is 0.297 e. The van der Waals surface area contributed by atoms with Crippen LogP contribution in [0.3, 0.4) is 0 Å². The maximum absolute atomic E-state index is 13.1. The van der Waals surface area contributed by atoms with Gasteiger partial charge >= 0.3 is 0 Å². The van der Waals surface area contributed by atoms with Gasteiger partial charge in [-0.1, -0.05) is 60.7 Å². The van der Waals surface area contributed by atoms with Crippen LogP contribution < -0.4 is 0 Å². The summed E-state index contributed by atoms with van der Waals surface area (Å²) < 4.78 is 0. The van der Waals surface area contributed by atoms with Crippen molar-refractivity contribution >= 4 is 17.6 Å². The van der Waals surface area contributed by atoms with Crippen molar-refractivity contribution in [1.29, 1.82) is 0 Å². The summed E-state index contributed by atoms with van der Waals surface area (Å²) in [5.41, 5.74) is 0.397. The molecule has 26 heavy (non-hydrogen) atoms. The molecule has 1 heterocycles. The number of benzene rings is 2. The highest BCUT2D eigenvalue weighted by Crippen LogP contribution is 2.32. The molecule has 3 rings (SSSR count). The quantitative estimate of drug-likeness (QED) is 0.629. The first-order valence-electron chi connectivity index (χ1n) is 8.58. The van der Waals surface area contributed by atoms with Gasteiger partial charge in [-0.2, -0.15) is 0 Å². The van der Waals surface area contributed by atoms with Crippen molar-refractivity contribution in [2.45, 2.75) is 32.0 Å². The van der Waals surface area contributed by atoms with E-state index in [9.17, 15) is 14.4 Å². The molecular weight excluding hydrogens is 328 g/mol. The lowest BCUT2D eigenvalue weighted by Crippen LogP contribution is -2.54. The molecule has 1 aliphatic rings.